The summed E-state index contributed by atoms with van der Waals surface area (Å²) in [6, 6.07) is 0. The van der Waals surface area contributed by atoms with E-state index in [0.717, 1.165) is 25.7 Å². The Morgan fingerprint density at radius 2 is 1.86 bits per heavy atom. The van der Waals surface area contributed by atoms with Crippen LogP contribution < -0.4 is 0 Å². The van der Waals surface area contributed by atoms with Gasteiger partial charge in [-0.15, -0.1) is 0 Å². The Balaban J connectivity index is 2.65. The maximum atomic E-state index is 9.41. The molecule has 0 spiro atoms. The SMILES string of the molecule is CCCC1(SP(O)(O)=S)CCCCC1. The topological polar surface area (TPSA) is 40.5 Å². The summed E-state index contributed by atoms with van der Waals surface area (Å²) in [5.74, 6) is 0. The molecule has 1 fully saturated rings. The van der Waals surface area contributed by atoms with Crippen LogP contribution in [0.25, 0.3) is 0 Å². The molecule has 14 heavy (non-hydrogen) atoms. The number of hydrogen-bond donors (Lipinski definition) is 2. The summed E-state index contributed by atoms with van der Waals surface area (Å²) >= 11 is 6.02. The van der Waals surface area contributed by atoms with Crippen molar-refractivity contribution in [2.24, 2.45) is 0 Å². The van der Waals surface area contributed by atoms with Gasteiger partial charge in [-0.3, -0.25) is 0 Å². The molecule has 0 radical (unpaired) electrons. The zero-order valence-corrected chi connectivity index (χ0v) is 11.1. The molecule has 2 N–H and O–H groups in total. The van der Waals surface area contributed by atoms with Crippen molar-refractivity contribution in [2.45, 2.75) is 56.6 Å². The van der Waals surface area contributed by atoms with E-state index in [9.17, 15) is 9.79 Å². The summed E-state index contributed by atoms with van der Waals surface area (Å²) in [5, 5.41) is 0. The first-order valence-electron chi connectivity index (χ1n) is 5.24. The number of hydrogen-bond acceptors (Lipinski definition) is 2. The Labute approximate surface area is 95.4 Å². The van der Waals surface area contributed by atoms with Crippen LogP contribution in [0.3, 0.4) is 0 Å². The van der Waals surface area contributed by atoms with Crippen LogP contribution >= 0.6 is 17.1 Å². The summed E-state index contributed by atoms with van der Waals surface area (Å²) in [6.45, 7) is 2.15. The van der Waals surface area contributed by atoms with Gasteiger partial charge in [-0.2, -0.15) is 0 Å². The minimum Gasteiger partial charge on any atom is -0.338 e. The molecule has 1 rings (SSSR count). The molecule has 2 nitrogen and oxygen atoms in total. The molecule has 0 saturated heterocycles. The highest BCUT2D eigenvalue weighted by molar-refractivity contribution is 8.67. The fourth-order valence-electron chi connectivity index (χ4n) is 2.29. The van der Waals surface area contributed by atoms with Gasteiger partial charge in [0.25, 0.3) is 0 Å². The Kier molecular flexibility index (Phi) is 4.93. The molecule has 0 heterocycles. The molecule has 0 atom stereocenters. The van der Waals surface area contributed by atoms with E-state index in [4.69, 9.17) is 11.8 Å². The van der Waals surface area contributed by atoms with Crippen LogP contribution in [0, 0.1) is 0 Å². The maximum Gasteiger partial charge on any atom is 0.242 e. The van der Waals surface area contributed by atoms with Gasteiger partial charge in [0.05, 0.1) is 0 Å². The molecule has 0 amide bonds. The van der Waals surface area contributed by atoms with E-state index in [-0.39, 0.29) is 4.75 Å². The van der Waals surface area contributed by atoms with Crippen molar-refractivity contribution in [3.63, 3.8) is 0 Å². The summed E-state index contributed by atoms with van der Waals surface area (Å²) < 4.78 is 0.0754. The van der Waals surface area contributed by atoms with Gasteiger partial charge >= 0.3 is 0 Å². The summed E-state index contributed by atoms with van der Waals surface area (Å²) in [6.07, 6.45) is 8.08. The standard InChI is InChI=1S/C9H19O2PS2/c1-2-6-9(14-12(10,11)13)7-4-3-5-8-9/h2-8H2,1H3,(H2,10,11,13). The number of rotatable bonds is 4. The van der Waals surface area contributed by atoms with Crippen molar-refractivity contribution < 1.29 is 9.79 Å². The van der Waals surface area contributed by atoms with Crippen molar-refractivity contribution in [1.82, 2.24) is 0 Å². The Bertz CT molecular complexity index is 215. The lowest BCUT2D eigenvalue weighted by atomic mass is 9.85. The molecule has 1 aliphatic rings. The Hall–Kier alpha value is 0.920. The van der Waals surface area contributed by atoms with Gasteiger partial charge in [0, 0.05) is 4.75 Å². The second-order valence-electron chi connectivity index (χ2n) is 4.08. The van der Waals surface area contributed by atoms with E-state index >= 15 is 0 Å². The molecule has 0 unspecified atom stereocenters. The van der Waals surface area contributed by atoms with Gasteiger partial charge in [0.2, 0.25) is 5.69 Å². The lowest BCUT2D eigenvalue weighted by Crippen LogP contribution is -2.27. The second-order valence-corrected chi connectivity index (χ2v) is 10.4. The highest BCUT2D eigenvalue weighted by atomic mass is 32.9. The van der Waals surface area contributed by atoms with Crippen LogP contribution in [0.1, 0.15) is 51.9 Å². The average Bonchev–Trinajstić information content (AvgIpc) is 2.02. The van der Waals surface area contributed by atoms with Crippen LogP contribution in [0.2, 0.25) is 0 Å². The Morgan fingerprint density at radius 3 is 2.29 bits per heavy atom. The Morgan fingerprint density at radius 1 is 1.29 bits per heavy atom. The van der Waals surface area contributed by atoms with Gasteiger partial charge in [-0.05, 0) is 31.1 Å². The van der Waals surface area contributed by atoms with Crippen LogP contribution in [0.15, 0.2) is 0 Å². The van der Waals surface area contributed by atoms with Gasteiger partial charge in [0.15, 0.2) is 0 Å². The van der Waals surface area contributed by atoms with E-state index in [1.165, 1.54) is 30.6 Å². The van der Waals surface area contributed by atoms with Gasteiger partial charge in [0.1, 0.15) is 0 Å². The highest BCUT2D eigenvalue weighted by Gasteiger charge is 2.36. The normalized spacial score (nSPS) is 22.2. The monoisotopic (exact) mass is 254 g/mol. The fraction of sp³-hybridized carbons (Fsp3) is 1.00. The van der Waals surface area contributed by atoms with Crippen molar-refractivity contribution in [2.75, 3.05) is 0 Å². The zero-order chi connectivity index (χ0) is 10.7. The van der Waals surface area contributed by atoms with E-state index in [2.05, 4.69) is 6.92 Å². The molecule has 0 aromatic heterocycles. The molecule has 84 valence electrons. The third-order valence-corrected chi connectivity index (χ3v) is 6.57. The molecule has 0 bridgehead atoms. The quantitative estimate of drug-likeness (QED) is 0.754. The molecule has 0 aromatic carbocycles. The minimum atomic E-state index is -3.08. The van der Waals surface area contributed by atoms with Crippen LogP contribution in [-0.2, 0) is 11.8 Å². The van der Waals surface area contributed by atoms with Gasteiger partial charge < -0.3 is 9.79 Å². The van der Waals surface area contributed by atoms with Crippen molar-refractivity contribution in [1.29, 1.82) is 0 Å². The van der Waals surface area contributed by atoms with E-state index < -0.39 is 5.69 Å². The second kappa shape index (κ2) is 5.31. The molecule has 1 saturated carbocycles. The largest absolute Gasteiger partial charge is 0.338 e. The average molecular weight is 254 g/mol. The van der Waals surface area contributed by atoms with Crippen LogP contribution in [-0.4, -0.2) is 14.5 Å². The van der Waals surface area contributed by atoms with Gasteiger partial charge in [-0.25, -0.2) is 0 Å². The van der Waals surface area contributed by atoms with Gasteiger partial charge in [-0.1, -0.05) is 44.0 Å². The van der Waals surface area contributed by atoms with Crippen LogP contribution in [0.5, 0.6) is 0 Å². The van der Waals surface area contributed by atoms with Crippen molar-refractivity contribution in [3.05, 3.63) is 0 Å². The fourth-order valence-corrected chi connectivity index (χ4v) is 7.32. The minimum absolute atomic E-state index is 0.0754. The lowest BCUT2D eigenvalue weighted by Gasteiger charge is -2.37. The first kappa shape index (κ1) is 13.0. The van der Waals surface area contributed by atoms with E-state index in [0.29, 0.717) is 0 Å². The zero-order valence-electron chi connectivity index (χ0n) is 8.61. The molecule has 0 aliphatic heterocycles. The molecule has 0 aromatic rings. The van der Waals surface area contributed by atoms with Crippen LogP contribution in [0.4, 0.5) is 0 Å². The smallest absolute Gasteiger partial charge is 0.242 e. The first-order chi connectivity index (χ1) is 6.47. The third kappa shape index (κ3) is 4.19. The summed E-state index contributed by atoms with van der Waals surface area (Å²) in [4.78, 5) is 18.8. The summed E-state index contributed by atoms with van der Waals surface area (Å²) in [7, 11) is 0. The predicted octanol–water partition coefficient (Wildman–Crippen LogP) is 3.43. The summed E-state index contributed by atoms with van der Waals surface area (Å²) in [5.41, 5.74) is -3.08. The van der Waals surface area contributed by atoms with Crippen molar-refractivity contribution in [3.8, 4) is 0 Å². The molecular weight excluding hydrogens is 235 g/mol. The lowest BCUT2D eigenvalue weighted by molar-refractivity contribution is 0.376. The highest BCUT2D eigenvalue weighted by Crippen LogP contribution is 2.62. The molecule has 5 heteroatoms. The first-order valence-corrected chi connectivity index (χ1v) is 9.37. The molecular formula is C9H19O2PS2. The maximum absolute atomic E-state index is 9.41. The predicted molar refractivity (Wildman–Crippen MR) is 67.0 cm³/mol. The van der Waals surface area contributed by atoms with E-state index in [1.54, 1.807) is 0 Å². The third-order valence-electron chi connectivity index (χ3n) is 2.78. The van der Waals surface area contributed by atoms with E-state index in [1.807, 2.05) is 0 Å². The molecule has 1 aliphatic carbocycles. The van der Waals surface area contributed by atoms with Crippen molar-refractivity contribution >= 4 is 28.9 Å².